The number of halogens is 1. The van der Waals surface area contributed by atoms with Crippen molar-refractivity contribution in [3.63, 3.8) is 0 Å². The van der Waals surface area contributed by atoms with Crippen molar-refractivity contribution < 1.29 is 0 Å². The molecule has 0 saturated heterocycles. The molecular formula is C16H11ClS. The molecule has 0 fully saturated rings. The Morgan fingerprint density at radius 2 is 1.44 bits per heavy atom. The smallest absolute Gasteiger partial charge is 0.0421 e. The van der Waals surface area contributed by atoms with Crippen LogP contribution < -0.4 is 0 Å². The van der Waals surface area contributed by atoms with Crippen LogP contribution in [0.2, 0.25) is 5.02 Å². The predicted molar refractivity (Wildman–Crippen MR) is 80.2 cm³/mol. The lowest BCUT2D eigenvalue weighted by Crippen LogP contribution is -1.78. The third-order valence-electron chi connectivity index (χ3n) is 2.86. The predicted octanol–water partition coefficient (Wildman–Crippen LogP) is 5.74. The molecule has 0 saturated carbocycles. The van der Waals surface area contributed by atoms with Crippen LogP contribution in [0.5, 0.6) is 0 Å². The SMILES string of the molecule is Clc1ccc(-c2ccsc2-c2ccccc2)cc1. The molecule has 1 aromatic heterocycles. The minimum atomic E-state index is 0.773. The molecule has 2 heteroatoms. The van der Waals surface area contributed by atoms with E-state index in [0.717, 1.165) is 5.02 Å². The fourth-order valence-electron chi connectivity index (χ4n) is 1.98. The molecule has 0 aliphatic carbocycles. The molecule has 0 aliphatic rings. The number of rotatable bonds is 2. The van der Waals surface area contributed by atoms with E-state index >= 15 is 0 Å². The number of thiophene rings is 1. The summed E-state index contributed by atoms with van der Waals surface area (Å²) in [4.78, 5) is 1.30. The van der Waals surface area contributed by atoms with Gasteiger partial charge < -0.3 is 0 Å². The molecule has 0 nitrogen and oxygen atoms in total. The Balaban J connectivity index is 2.10. The van der Waals surface area contributed by atoms with E-state index in [1.165, 1.54) is 21.6 Å². The topological polar surface area (TPSA) is 0 Å². The molecule has 0 atom stereocenters. The van der Waals surface area contributed by atoms with E-state index in [0.29, 0.717) is 0 Å². The Kier molecular flexibility index (Phi) is 3.18. The average Bonchev–Trinajstić information content (AvgIpc) is 2.90. The summed E-state index contributed by atoms with van der Waals surface area (Å²) in [6, 6.07) is 20.6. The van der Waals surface area contributed by atoms with Gasteiger partial charge in [-0.25, -0.2) is 0 Å². The molecule has 0 amide bonds. The lowest BCUT2D eigenvalue weighted by Gasteiger charge is -2.04. The first-order chi connectivity index (χ1) is 8.84. The Morgan fingerprint density at radius 1 is 0.722 bits per heavy atom. The zero-order chi connectivity index (χ0) is 12.4. The Labute approximate surface area is 115 Å². The molecular weight excluding hydrogens is 260 g/mol. The van der Waals surface area contributed by atoms with Crippen LogP contribution in [0.25, 0.3) is 21.6 Å². The fraction of sp³-hybridized carbons (Fsp3) is 0. The van der Waals surface area contributed by atoms with Crippen molar-refractivity contribution in [3.8, 4) is 21.6 Å². The Morgan fingerprint density at radius 3 is 2.17 bits per heavy atom. The maximum absolute atomic E-state index is 5.93. The number of hydrogen-bond acceptors (Lipinski definition) is 1. The average molecular weight is 271 g/mol. The van der Waals surface area contributed by atoms with Gasteiger partial charge in [-0.1, -0.05) is 54.1 Å². The summed E-state index contributed by atoms with van der Waals surface area (Å²) < 4.78 is 0. The summed E-state index contributed by atoms with van der Waals surface area (Å²) in [7, 11) is 0. The van der Waals surface area contributed by atoms with Gasteiger partial charge in [0.25, 0.3) is 0 Å². The fourth-order valence-corrected chi connectivity index (χ4v) is 3.03. The molecule has 0 aliphatic heterocycles. The van der Waals surface area contributed by atoms with E-state index < -0.39 is 0 Å². The first kappa shape index (κ1) is 11.5. The highest BCUT2D eigenvalue weighted by atomic mass is 35.5. The monoisotopic (exact) mass is 270 g/mol. The second-order valence-electron chi connectivity index (χ2n) is 4.04. The Hall–Kier alpha value is -1.57. The summed E-state index contributed by atoms with van der Waals surface area (Å²) in [5.41, 5.74) is 3.74. The van der Waals surface area contributed by atoms with Gasteiger partial charge in [0.05, 0.1) is 0 Å². The van der Waals surface area contributed by atoms with Crippen molar-refractivity contribution in [2.75, 3.05) is 0 Å². The van der Waals surface area contributed by atoms with Crippen molar-refractivity contribution in [2.24, 2.45) is 0 Å². The molecule has 2 aromatic carbocycles. The standard InChI is InChI=1S/C16H11ClS/c17-14-8-6-12(7-9-14)15-10-11-18-16(15)13-4-2-1-3-5-13/h1-11H. The van der Waals surface area contributed by atoms with Crippen molar-refractivity contribution in [3.05, 3.63) is 71.1 Å². The summed E-state index contributed by atoms with van der Waals surface area (Å²) >= 11 is 7.70. The highest BCUT2D eigenvalue weighted by Crippen LogP contribution is 2.36. The van der Waals surface area contributed by atoms with E-state index in [2.05, 4.69) is 47.8 Å². The molecule has 3 aromatic rings. The molecule has 0 unspecified atom stereocenters. The van der Waals surface area contributed by atoms with E-state index in [9.17, 15) is 0 Å². The maximum Gasteiger partial charge on any atom is 0.0421 e. The van der Waals surface area contributed by atoms with Gasteiger partial charge in [-0.2, -0.15) is 0 Å². The minimum absolute atomic E-state index is 0.773. The van der Waals surface area contributed by atoms with Gasteiger partial charge in [-0.05, 0) is 34.7 Å². The van der Waals surface area contributed by atoms with E-state index in [1.54, 1.807) is 11.3 Å². The van der Waals surface area contributed by atoms with E-state index in [1.807, 2.05) is 18.2 Å². The molecule has 0 spiro atoms. The van der Waals surface area contributed by atoms with Gasteiger partial charge in [-0.3, -0.25) is 0 Å². The van der Waals surface area contributed by atoms with Gasteiger partial charge in [0.1, 0.15) is 0 Å². The molecule has 0 N–H and O–H groups in total. The van der Waals surface area contributed by atoms with Gasteiger partial charge in [0, 0.05) is 15.5 Å². The highest BCUT2D eigenvalue weighted by Gasteiger charge is 2.08. The first-order valence-electron chi connectivity index (χ1n) is 5.73. The molecule has 3 rings (SSSR count). The van der Waals surface area contributed by atoms with E-state index in [-0.39, 0.29) is 0 Å². The van der Waals surface area contributed by atoms with Crippen molar-refractivity contribution in [1.29, 1.82) is 0 Å². The zero-order valence-corrected chi connectivity index (χ0v) is 11.2. The third-order valence-corrected chi connectivity index (χ3v) is 4.07. The lowest BCUT2D eigenvalue weighted by atomic mass is 10.0. The summed E-state index contributed by atoms with van der Waals surface area (Å²) in [6.07, 6.45) is 0. The van der Waals surface area contributed by atoms with Crippen LogP contribution in [-0.4, -0.2) is 0 Å². The van der Waals surface area contributed by atoms with Crippen molar-refractivity contribution in [2.45, 2.75) is 0 Å². The lowest BCUT2D eigenvalue weighted by molar-refractivity contribution is 1.65. The molecule has 0 bridgehead atoms. The second-order valence-corrected chi connectivity index (χ2v) is 5.39. The Bertz CT molecular complexity index is 638. The number of hydrogen-bond donors (Lipinski definition) is 0. The van der Waals surface area contributed by atoms with Crippen LogP contribution in [-0.2, 0) is 0 Å². The summed E-state index contributed by atoms with van der Waals surface area (Å²) in [6.45, 7) is 0. The number of benzene rings is 2. The first-order valence-corrected chi connectivity index (χ1v) is 6.99. The molecule has 1 heterocycles. The van der Waals surface area contributed by atoms with Crippen molar-refractivity contribution in [1.82, 2.24) is 0 Å². The van der Waals surface area contributed by atoms with Crippen molar-refractivity contribution >= 4 is 22.9 Å². The minimum Gasteiger partial charge on any atom is -0.143 e. The maximum atomic E-state index is 5.93. The van der Waals surface area contributed by atoms with Gasteiger partial charge in [0.2, 0.25) is 0 Å². The normalized spacial score (nSPS) is 10.5. The van der Waals surface area contributed by atoms with Gasteiger partial charge >= 0.3 is 0 Å². The quantitative estimate of drug-likeness (QED) is 0.557. The summed E-state index contributed by atoms with van der Waals surface area (Å²) in [5, 5.41) is 2.90. The molecule has 0 radical (unpaired) electrons. The van der Waals surface area contributed by atoms with E-state index in [4.69, 9.17) is 11.6 Å². The van der Waals surface area contributed by atoms with Crippen LogP contribution in [0.1, 0.15) is 0 Å². The van der Waals surface area contributed by atoms with Crippen LogP contribution in [0, 0.1) is 0 Å². The van der Waals surface area contributed by atoms with Crippen LogP contribution in [0.3, 0.4) is 0 Å². The van der Waals surface area contributed by atoms with Crippen LogP contribution >= 0.6 is 22.9 Å². The molecule has 88 valence electrons. The summed E-state index contributed by atoms with van der Waals surface area (Å²) in [5.74, 6) is 0. The van der Waals surface area contributed by atoms with Crippen LogP contribution in [0.15, 0.2) is 66.0 Å². The van der Waals surface area contributed by atoms with Gasteiger partial charge in [-0.15, -0.1) is 11.3 Å². The highest BCUT2D eigenvalue weighted by molar-refractivity contribution is 7.14. The third kappa shape index (κ3) is 2.20. The second kappa shape index (κ2) is 4.97. The van der Waals surface area contributed by atoms with Crippen LogP contribution in [0.4, 0.5) is 0 Å². The zero-order valence-electron chi connectivity index (χ0n) is 9.64. The largest absolute Gasteiger partial charge is 0.143 e. The molecule has 18 heavy (non-hydrogen) atoms. The van der Waals surface area contributed by atoms with Gasteiger partial charge in [0.15, 0.2) is 0 Å².